The van der Waals surface area contributed by atoms with Crippen LogP contribution in [0.3, 0.4) is 0 Å². The number of hydrogen-bond acceptors (Lipinski definition) is 1. The highest BCUT2D eigenvalue weighted by Crippen LogP contribution is 2.39. The van der Waals surface area contributed by atoms with Crippen LogP contribution in [0.25, 0.3) is 0 Å². The highest BCUT2D eigenvalue weighted by molar-refractivity contribution is 6.42. The van der Waals surface area contributed by atoms with Crippen LogP contribution in [0.5, 0.6) is 0 Å². The molecule has 106 valence electrons. The second kappa shape index (κ2) is 6.03. The van der Waals surface area contributed by atoms with Crippen LogP contribution < -0.4 is 0 Å². The Labute approximate surface area is 125 Å². The summed E-state index contributed by atoms with van der Waals surface area (Å²) in [5.74, 6) is 0.419. The molecule has 1 aromatic rings. The average molecular weight is 301 g/mol. The summed E-state index contributed by atoms with van der Waals surface area (Å²) < 4.78 is 0. The summed E-state index contributed by atoms with van der Waals surface area (Å²) in [6.45, 7) is 4.63. The molecule has 1 nitrogen and oxygen atoms in total. The van der Waals surface area contributed by atoms with Crippen molar-refractivity contribution < 1.29 is 5.11 Å². The molecule has 0 spiro atoms. The van der Waals surface area contributed by atoms with E-state index >= 15 is 0 Å². The van der Waals surface area contributed by atoms with Gasteiger partial charge in [-0.15, -0.1) is 0 Å². The van der Waals surface area contributed by atoms with Gasteiger partial charge in [0.05, 0.1) is 16.1 Å². The Morgan fingerprint density at radius 2 is 1.84 bits per heavy atom. The van der Waals surface area contributed by atoms with E-state index in [9.17, 15) is 5.11 Å². The summed E-state index contributed by atoms with van der Waals surface area (Å²) in [7, 11) is 0. The number of benzene rings is 1. The maximum Gasteiger partial charge on any atom is 0.0608 e. The molecule has 1 saturated carbocycles. The van der Waals surface area contributed by atoms with E-state index in [1.807, 2.05) is 12.1 Å². The lowest BCUT2D eigenvalue weighted by Gasteiger charge is -2.36. The van der Waals surface area contributed by atoms with E-state index in [1.54, 1.807) is 6.07 Å². The monoisotopic (exact) mass is 300 g/mol. The van der Waals surface area contributed by atoms with Gasteiger partial charge in [-0.2, -0.15) is 0 Å². The van der Waals surface area contributed by atoms with Gasteiger partial charge in [0.25, 0.3) is 0 Å². The molecule has 0 saturated heterocycles. The smallest absolute Gasteiger partial charge is 0.0608 e. The summed E-state index contributed by atoms with van der Waals surface area (Å²) in [5.41, 5.74) is 1.51. The van der Waals surface area contributed by atoms with E-state index in [-0.39, 0.29) is 6.10 Å². The summed E-state index contributed by atoms with van der Waals surface area (Å²) >= 11 is 11.9. The largest absolute Gasteiger partial charge is 0.392 e. The average Bonchev–Trinajstić information content (AvgIpc) is 2.33. The zero-order valence-corrected chi connectivity index (χ0v) is 13.1. The number of aliphatic hydroxyl groups excluding tert-OH is 1. The van der Waals surface area contributed by atoms with Crippen LogP contribution in [0.1, 0.15) is 45.1 Å². The van der Waals surface area contributed by atoms with Gasteiger partial charge < -0.3 is 5.11 Å². The molecule has 0 aromatic heterocycles. The van der Waals surface area contributed by atoms with E-state index in [2.05, 4.69) is 13.8 Å². The molecule has 1 unspecified atom stereocenters. The predicted molar refractivity (Wildman–Crippen MR) is 81.9 cm³/mol. The molecule has 1 aliphatic carbocycles. The maximum atomic E-state index is 10.4. The third-order valence-electron chi connectivity index (χ3n) is 4.36. The molecule has 0 heterocycles. The summed E-state index contributed by atoms with van der Waals surface area (Å²) in [6.07, 6.45) is 5.05. The minimum Gasteiger partial charge on any atom is -0.392 e. The first-order valence-corrected chi connectivity index (χ1v) is 7.75. The van der Waals surface area contributed by atoms with Crippen LogP contribution in [0.4, 0.5) is 0 Å². The lowest BCUT2D eigenvalue weighted by Crippen LogP contribution is -2.30. The highest BCUT2D eigenvalue weighted by Gasteiger charge is 2.30. The Morgan fingerprint density at radius 1 is 1.21 bits per heavy atom. The van der Waals surface area contributed by atoms with Crippen LogP contribution in [0.2, 0.25) is 10.0 Å². The minimum absolute atomic E-state index is 0.270. The first-order chi connectivity index (χ1) is 8.87. The van der Waals surface area contributed by atoms with E-state index in [4.69, 9.17) is 23.2 Å². The normalized spacial score (nSPS) is 21.3. The molecule has 0 bridgehead atoms. The Morgan fingerprint density at radius 3 is 2.42 bits per heavy atom. The van der Waals surface area contributed by atoms with Crippen molar-refractivity contribution in [3.63, 3.8) is 0 Å². The zero-order chi connectivity index (χ0) is 14.0. The molecule has 0 amide bonds. The van der Waals surface area contributed by atoms with Crippen molar-refractivity contribution in [2.45, 2.75) is 52.1 Å². The van der Waals surface area contributed by atoms with Crippen LogP contribution in [0, 0.1) is 11.3 Å². The van der Waals surface area contributed by atoms with Crippen LogP contribution in [-0.4, -0.2) is 11.2 Å². The highest BCUT2D eigenvalue weighted by atomic mass is 35.5. The van der Waals surface area contributed by atoms with Gasteiger partial charge in [-0.3, -0.25) is 0 Å². The zero-order valence-electron chi connectivity index (χ0n) is 11.6. The minimum atomic E-state index is -0.270. The molecule has 1 aromatic carbocycles. The van der Waals surface area contributed by atoms with Crippen molar-refractivity contribution in [1.29, 1.82) is 0 Å². The van der Waals surface area contributed by atoms with Crippen molar-refractivity contribution >= 4 is 23.2 Å². The Bertz CT molecular complexity index is 432. The van der Waals surface area contributed by atoms with E-state index in [0.717, 1.165) is 18.4 Å². The Hall–Kier alpha value is -0.240. The molecule has 0 aliphatic heterocycles. The quantitative estimate of drug-likeness (QED) is 0.822. The van der Waals surface area contributed by atoms with Crippen molar-refractivity contribution in [2.24, 2.45) is 11.3 Å². The fraction of sp³-hybridized carbons (Fsp3) is 0.625. The molecule has 2 rings (SSSR count). The molecular weight excluding hydrogens is 279 g/mol. The molecule has 0 radical (unpaired) electrons. The van der Waals surface area contributed by atoms with Gasteiger partial charge in [-0.1, -0.05) is 43.1 Å². The summed E-state index contributed by atoms with van der Waals surface area (Å²) in [6, 6.07) is 5.61. The van der Waals surface area contributed by atoms with Crippen LogP contribution in [0.15, 0.2) is 18.2 Å². The van der Waals surface area contributed by atoms with Gasteiger partial charge in [0, 0.05) is 0 Å². The van der Waals surface area contributed by atoms with E-state index in [1.165, 1.54) is 12.8 Å². The molecule has 1 N–H and O–H groups in total. The van der Waals surface area contributed by atoms with Gasteiger partial charge in [-0.25, -0.2) is 0 Å². The summed E-state index contributed by atoms with van der Waals surface area (Å²) in [5, 5.41) is 11.5. The number of rotatable bonds is 3. The van der Waals surface area contributed by atoms with Crippen molar-refractivity contribution in [1.82, 2.24) is 0 Å². The third kappa shape index (κ3) is 4.11. The van der Waals surface area contributed by atoms with Gasteiger partial charge in [-0.05, 0) is 61.1 Å². The maximum absolute atomic E-state index is 10.4. The molecule has 1 aliphatic rings. The Kier molecular flexibility index (Phi) is 4.81. The van der Waals surface area contributed by atoms with Gasteiger partial charge in [0.2, 0.25) is 0 Å². The third-order valence-corrected chi connectivity index (χ3v) is 5.10. The van der Waals surface area contributed by atoms with Crippen molar-refractivity contribution in [3.8, 4) is 0 Å². The number of aliphatic hydroxyl groups is 1. The van der Waals surface area contributed by atoms with Gasteiger partial charge in [0.15, 0.2) is 0 Å². The first kappa shape index (κ1) is 15.2. The second-order valence-corrected chi connectivity index (χ2v) is 7.34. The first-order valence-electron chi connectivity index (χ1n) is 6.99. The number of halogens is 2. The molecule has 19 heavy (non-hydrogen) atoms. The fourth-order valence-corrected chi connectivity index (χ4v) is 3.20. The SMILES string of the molecule is CC1(C)CCC(C(O)Cc2ccc(Cl)c(Cl)c2)CC1. The lowest BCUT2D eigenvalue weighted by atomic mass is 9.71. The predicted octanol–water partition coefficient (Wildman–Crippen LogP) is 5.11. The summed E-state index contributed by atoms with van der Waals surface area (Å²) in [4.78, 5) is 0. The topological polar surface area (TPSA) is 20.2 Å². The molecule has 1 fully saturated rings. The van der Waals surface area contributed by atoms with Crippen LogP contribution >= 0.6 is 23.2 Å². The fourth-order valence-electron chi connectivity index (χ4n) is 2.88. The molecule has 1 atom stereocenters. The van der Waals surface area contributed by atoms with E-state index < -0.39 is 0 Å². The van der Waals surface area contributed by atoms with Gasteiger partial charge >= 0.3 is 0 Å². The van der Waals surface area contributed by atoms with Crippen LogP contribution in [-0.2, 0) is 6.42 Å². The second-order valence-electron chi connectivity index (χ2n) is 6.52. The standard InChI is InChI=1S/C16H22Cl2O/c1-16(2)7-5-12(6-8-16)15(19)10-11-3-4-13(17)14(18)9-11/h3-4,9,12,15,19H,5-8,10H2,1-2H3. The molecule has 3 heteroatoms. The number of hydrogen-bond donors (Lipinski definition) is 1. The molecular formula is C16H22Cl2O. The van der Waals surface area contributed by atoms with Gasteiger partial charge in [0.1, 0.15) is 0 Å². The van der Waals surface area contributed by atoms with Crippen molar-refractivity contribution in [3.05, 3.63) is 33.8 Å². The lowest BCUT2D eigenvalue weighted by molar-refractivity contribution is 0.0576. The van der Waals surface area contributed by atoms with E-state index in [0.29, 0.717) is 27.8 Å². The van der Waals surface area contributed by atoms with Crippen molar-refractivity contribution in [2.75, 3.05) is 0 Å². The Balaban J connectivity index is 1.94.